The minimum Gasteiger partial charge on any atom is -0.497 e. The maximum absolute atomic E-state index is 13.7. The second kappa shape index (κ2) is 8.53. The number of hydrogen-bond acceptors (Lipinski definition) is 3. The van der Waals surface area contributed by atoms with Gasteiger partial charge in [0, 0.05) is 30.4 Å². The number of nitrogens with zero attached hydrogens (tertiary/aromatic N) is 1. The van der Waals surface area contributed by atoms with Crippen molar-refractivity contribution < 1.29 is 18.7 Å². The van der Waals surface area contributed by atoms with Gasteiger partial charge in [-0.25, -0.2) is 9.18 Å². The number of amides is 3. The highest BCUT2D eigenvalue weighted by Crippen LogP contribution is 2.21. The van der Waals surface area contributed by atoms with Gasteiger partial charge in [0.05, 0.1) is 7.11 Å². The number of ether oxygens (including phenoxy) is 1. The van der Waals surface area contributed by atoms with Gasteiger partial charge in [0.2, 0.25) is 5.91 Å². The summed E-state index contributed by atoms with van der Waals surface area (Å²) in [5, 5.41) is 5.52. The first kappa shape index (κ1) is 18.7. The number of likely N-dealkylation sites (tertiary alicyclic amines) is 1. The summed E-state index contributed by atoms with van der Waals surface area (Å²) in [7, 11) is 1.55. The normalized spacial score (nSPS) is 16.1. The molecule has 0 unspecified atom stereocenters. The van der Waals surface area contributed by atoms with Crippen molar-refractivity contribution >= 4 is 17.6 Å². The van der Waals surface area contributed by atoms with Crippen LogP contribution in [0.1, 0.15) is 18.4 Å². The fourth-order valence-electron chi connectivity index (χ4n) is 3.12. The number of carbonyl (C=O) groups is 2. The third-order valence-electron chi connectivity index (χ3n) is 4.55. The van der Waals surface area contributed by atoms with Crippen LogP contribution in [0.4, 0.5) is 14.9 Å². The lowest BCUT2D eigenvalue weighted by molar-refractivity contribution is -0.124. The molecule has 3 rings (SSSR count). The van der Waals surface area contributed by atoms with E-state index >= 15 is 0 Å². The Balaban J connectivity index is 1.61. The molecule has 0 saturated carbocycles. The molecule has 0 aliphatic carbocycles. The summed E-state index contributed by atoms with van der Waals surface area (Å²) in [6.45, 7) is 0.584. The Bertz CT molecular complexity index is 828. The molecule has 27 heavy (non-hydrogen) atoms. The molecule has 142 valence electrons. The number of benzene rings is 2. The van der Waals surface area contributed by atoms with E-state index in [-0.39, 0.29) is 24.3 Å². The number of carbonyl (C=O) groups excluding carboxylic acids is 2. The number of anilines is 1. The van der Waals surface area contributed by atoms with E-state index in [1.54, 1.807) is 49.6 Å². The fraction of sp³-hybridized carbons (Fsp3) is 0.300. The largest absolute Gasteiger partial charge is 0.497 e. The number of nitrogens with one attached hydrogen (secondary N) is 2. The zero-order valence-corrected chi connectivity index (χ0v) is 15.1. The molecule has 0 spiro atoms. The summed E-state index contributed by atoms with van der Waals surface area (Å²) >= 11 is 0. The van der Waals surface area contributed by atoms with Gasteiger partial charge in [0.1, 0.15) is 17.6 Å². The Kier molecular flexibility index (Phi) is 5.90. The van der Waals surface area contributed by atoms with E-state index in [9.17, 15) is 14.0 Å². The standard InChI is InChI=1S/C20H22FN3O3/c1-27-16-8-4-7-15(12-16)23-20(26)24-11-5-10-18(24)19(25)22-13-14-6-2-3-9-17(14)21/h2-4,6-9,12,18H,5,10-11,13H2,1H3,(H,22,25)(H,23,26)/t18-/m0/s1. The third kappa shape index (κ3) is 4.55. The average molecular weight is 371 g/mol. The van der Waals surface area contributed by atoms with Crippen molar-refractivity contribution in [3.8, 4) is 5.75 Å². The van der Waals surface area contributed by atoms with E-state index in [1.165, 1.54) is 11.0 Å². The van der Waals surface area contributed by atoms with E-state index in [0.717, 1.165) is 6.42 Å². The molecular weight excluding hydrogens is 349 g/mol. The molecule has 2 N–H and O–H groups in total. The van der Waals surface area contributed by atoms with Crippen LogP contribution >= 0.6 is 0 Å². The van der Waals surface area contributed by atoms with Gasteiger partial charge in [0.25, 0.3) is 0 Å². The Hall–Kier alpha value is -3.09. The maximum atomic E-state index is 13.7. The Morgan fingerprint density at radius 1 is 1.22 bits per heavy atom. The molecule has 0 aromatic heterocycles. The number of rotatable bonds is 5. The van der Waals surface area contributed by atoms with E-state index in [0.29, 0.717) is 30.0 Å². The molecule has 0 radical (unpaired) electrons. The summed E-state index contributed by atoms with van der Waals surface area (Å²) in [6.07, 6.45) is 1.32. The average Bonchev–Trinajstić information content (AvgIpc) is 3.17. The van der Waals surface area contributed by atoms with Gasteiger partial charge < -0.3 is 20.3 Å². The highest BCUT2D eigenvalue weighted by molar-refractivity contribution is 5.94. The molecule has 2 aromatic rings. The minimum atomic E-state index is -0.567. The predicted octanol–water partition coefficient (Wildman–Crippen LogP) is 3.15. The first-order valence-corrected chi connectivity index (χ1v) is 8.81. The number of methoxy groups -OCH3 is 1. The van der Waals surface area contributed by atoms with Crippen LogP contribution in [0.5, 0.6) is 5.75 Å². The van der Waals surface area contributed by atoms with Gasteiger partial charge >= 0.3 is 6.03 Å². The molecule has 1 aliphatic heterocycles. The molecule has 3 amide bonds. The van der Waals surface area contributed by atoms with Crippen LogP contribution in [0.15, 0.2) is 48.5 Å². The molecule has 7 heteroatoms. The van der Waals surface area contributed by atoms with Gasteiger partial charge in [0.15, 0.2) is 0 Å². The van der Waals surface area contributed by atoms with Crippen LogP contribution in [0.2, 0.25) is 0 Å². The van der Waals surface area contributed by atoms with E-state index in [2.05, 4.69) is 10.6 Å². The molecule has 1 heterocycles. The zero-order valence-electron chi connectivity index (χ0n) is 15.1. The predicted molar refractivity (Wildman–Crippen MR) is 100.0 cm³/mol. The molecule has 6 nitrogen and oxygen atoms in total. The van der Waals surface area contributed by atoms with Crippen molar-refractivity contribution in [2.45, 2.75) is 25.4 Å². The van der Waals surface area contributed by atoms with Crippen LogP contribution < -0.4 is 15.4 Å². The molecule has 1 atom stereocenters. The first-order chi connectivity index (χ1) is 13.1. The van der Waals surface area contributed by atoms with E-state index in [4.69, 9.17) is 4.74 Å². The second-order valence-corrected chi connectivity index (χ2v) is 6.32. The number of hydrogen-bond donors (Lipinski definition) is 2. The van der Waals surface area contributed by atoms with Crippen molar-refractivity contribution in [1.29, 1.82) is 0 Å². The van der Waals surface area contributed by atoms with Crippen molar-refractivity contribution in [2.24, 2.45) is 0 Å². The quantitative estimate of drug-likeness (QED) is 0.848. The van der Waals surface area contributed by atoms with E-state index in [1.807, 2.05) is 0 Å². The molecular formula is C20H22FN3O3. The summed E-state index contributed by atoms with van der Waals surface area (Å²) in [4.78, 5) is 26.6. The SMILES string of the molecule is COc1cccc(NC(=O)N2CCC[C@H]2C(=O)NCc2ccccc2F)c1. The number of halogens is 1. The monoisotopic (exact) mass is 371 g/mol. The fourth-order valence-corrected chi connectivity index (χ4v) is 3.12. The molecule has 1 saturated heterocycles. The van der Waals surface area contributed by atoms with Crippen LogP contribution in [0, 0.1) is 5.82 Å². The van der Waals surface area contributed by atoms with Crippen molar-refractivity contribution in [3.63, 3.8) is 0 Å². The highest BCUT2D eigenvalue weighted by Gasteiger charge is 2.34. The van der Waals surface area contributed by atoms with Crippen LogP contribution in [0.3, 0.4) is 0 Å². The maximum Gasteiger partial charge on any atom is 0.322 e. The van der Waals surface area contributed by atoms with E-state index < -0.39 is 6.04 Å². The van der Waals surface area contributed by atoms with Crippen molar-refractivity contribution in [3.05, 3.63) is 59.9 Å². The molecule has 2 aromatic carbocycles. The Morgan fingerprint density at radius 2 is 2.04 bits per heavy atom. The number of urea groups is 1. The third-order valence-corrected chi connectivity index (χ3v) is 4.55. The lowest BCUT2D eigenvalue weighted by Crippen LogP contribution is -2.47. The second-order valence-electron chi connectivity index (χ2n) is 6.32. The van der Waals surface area contributed by atoms with Crippen LogP contribution in [0.25, 0.3) is 0 Å². The van der Waals surface area contributed by atoms with Gasteiger partial charge in [-0.15, -0.1) is 0 Å². The summed E-state index contributed by atoms with van der Waals surface area (Å²) in [5.74, 6) is -0.0122. The summed E-state index contributed by atoms with van der Waals surface area (Å²) in [5.41, 5.74) is 1.01. The summed E-state index contributed by atoms with van der Waals surface area (Å²) < 4.78 is 18.8. The molecule has 0 bridgehead atoms. The van der Waals surface area contributed by atoms with Crippen molar-refractivity contribution in [2.75, 3.05) is 19.0 Å². The van der Waals surface area contributed by atoms with Gasteiger partial charge in [-0.2, -0.15) is 0 Å². The topological polar surface area (TPSA) is 70.7 Å². The molecule has 1 fully saturated rings. The molecule has 1 aliphatic rings. The summed E-state index contributed by atoms with van der Waals surface area (Å²) in [6, 6.07) is 12.4. The van der Waals surface area contributed by atoms with Gasteiger partial charge in [-0.05, 0) is 31.0 Å². The lowest BCUT2D eigenvalue weighted by Gasteiger charge is -2.24. The van der Waals surface area contributed by atoms with Gasteiger partial charge in [-0.1, -0.05) is 24.3 Å². The van der Waals surface area contributed by atoms with Crippen LogP contribution in [-0.4, -0.2) is 36.5 Å². The van der Waals surface area contributed by atoms with Crippen molar-refractivity contribution in [1.82, 2.24) is 10.2 Å². The van der Waals surface area contributed by atoms with Gasteiger partial charge in [-0.3, -0.25) is 4.79 Å². The zero-order chi connectivity index (χ0) is 19.2. The smallest absolute Gasteiger partial charge is 0.322 e. The Labute approximate surface area is 157 Å². The Morgan fingerprint density at radius 3 is 2.81 bits per heavy atom. The minimum absolute atomic E-state index is 0.0906. The highest BCUT2D eigenvalue weighted by atomic mass is 19.1. The lowest BCUT2D eigenvalue weighted by atomic mass is 10.2. The first-order valence-electron chi connectivity index (χ1n) is 8.81. The van der Waals surface area contributed by atoms with Crippen LogP contribution in [-0.2, 0) is 11.3 Å².